The first-order valence-electron chi connectivity index (χ1n) is 7.60. The summed E-state index contributed by atoms with van der Waals surface area (Å²) in [5.41, 5.74) is 1.86. The van der Waals surface area contributed by atoms with E-state index in [-0.39, 0.29) is 16.9 Å². The van der Waals surface area contributed by atoms with Gasteiger partial charge in [-0.1, -0.05) is 23.4 Å². The predicted molar refractivity (Wildman–Crippen MR) is 95.0 cm³/mol. The van der Waals surface area contributed by atoms with Crippen molar-refractivity contribution in [2.45, 2.75) is 18.9 Å². The number of primary sulfonamides is 1. The van der Waals surface area contributed by atoms with Gasteiger partial charge in [0.15, 0.2) is 10.8 Å². The van der Waals surface area contributed by atoms with Crippen molar-refractivity contribution < 1.29 is 17.7 Å². The summed E-state index contributed by atoms with van der Waals surface area (Å²) < 4.78 is 29.2. The van der Waals surface area contributed by atoms with Gasteiger partial charge in [0.2, 0.25) is 0 Å². The van der Waals surface area contributed by atoms with Crippen molar-refractivity contribution in [1.82, 2.24) is 10.1 Å². The topological polar surface area (TPSA) is 128 Å². The molecule has 1 aromatic carbocycles. The molecule has 0 aliphatic rings. The highest BCUT2D eigenvalue weighted by Gasteiger charge is 2.28. The van der Waals surface area contributed by atoms with Crippen molar-refractivity contribution in [3.8, 4) is 11.3 Å². The van der Waals surface area contributed by atoms with Crippen LogP contribution in [0.4, 0.5) is 5.69 Å². The molecule has 3 rings (SSSR count). The van der Waals surface area contributed by atoms with E-state index in [1.54, 1.807) is 44.2 Å². The molecule has 0 aliphatic carbocycles. The summed E-state index contributed by atoms with van der Waals surface area (Å²) >= 11 is 0. The Morgan fingerprint density at radius 1 is 1.15 bits per heavy atom. The van der Waals surface area contributed by atoms with Crippen LogP contribution in [-0.2, 0) is 10.0 Å². The van der Waals surface area contributed by atoms with Crippen LogP contribution in [0.25, 0.3) is 11.3 Å². The average Bonchev–Trinajstić information content (AvgIpc) is 2.93. The molecule has 9 heteroatoms. The lowest BCUT2D eigenvalue weighted by Gasteiger charge is -2.12. The van der Waals surface area contributed by atoms with Gasteiger partial charge in [-0.05, 0) is 32.0 Å². The number of nitrogens with two attached hydrogens (primary N) is 1. The first-order valence-corrected chi connectivity index (χ1v) is 9.15. The van der Waals surface area contributed by atoms with Crippen LogP contribution < -0.4 is 10.5 Å². The highest BCUT2D eigenvalue weighted by molar-refractivity contribution is 7.89. The number of hydrogen-bond acceptors (Lipinski definition) is 6. The third-order valence-corrected chi connectivity index (χ3v) is 4.69. The Balaban J connectivity index is 2.20. The van der Waals surface area contributed by atoms with Gasteiger partial charge in [0.25, 0.3) is 15.9 Å². The van der Waals surface area contributed by atoms with E-state index in [1.807, 2.05) is 0 Å². The van der Waals surface area contributed by atoms with Gasteiger partial charge in [-0.2, -0.15) is 0 Å². The van der Waals surface area contributed by atoms with Crippen molar-refractivity contribution in [2.24, 2.45) is 5.14 Å². The maximum Gasteiger partial charge on any atom is 0.259 e. The number of sulfonamides is 1. The molecule has 0 saturated carbocycles. The zero-order valence-corrected chi connectivity index (χ0v) is 14.9. The second kappa shape index (κ2) is 6.70. The largest absolute Gasteiger partial charge is 0.356 e. The monoisotopic (exact) mass is 372 g/mol. The molecule has 2 aromatic heterocycles. The van der Waals surface area contributed by atoms with Crippen LogP contribution in [0.1, 0.15) is 21.6 Å². The summed E-state index contributed by atoms with van der Waals surface area (Å²) in [6, 6.07) is 10.1. The van der Waals surface area contributed by atoms with E-state index in [0.29, 0.717) is 16.9 Å². The third-order valence-electron chi connectivity index (χ3n) is 3.85. The summed E-state index contributed by atoms with van der Waals surface area (Å²) in [6.45, 7) is 3.50. The number of anilines is 1. The SMILES string of the molecule is Cc1noc(-c2ccnc(S(N)(=O)=O)c2C(=O)Nc2ccccc2)c1C. The number of rotatable bonds is 4. The second-order valence-corrected chi connectivity index (χ2v) is 7.10. The maximum absolute atomic E-state index is 12.9. The molecular formula is C17H16N4O4S. The van der Waals surface area contributed by atoms with Crippen LogP contribution in [0.15, 0.2) is 52.1 Å². The van der Waals surface area contributed by atoms with Gasteiger partial charge < -0.3 is 9.84 Å². The number of hydrogen-bond donors (Lipinski definition) is 2. The smallest absolute Gasteiger partial charge is 0.259 e. The van der Waals surface area contributed by atoms with Gasteiger partial charge in [0, 0.05) is 23.0 Å². The zero-order chi connectivity index (χ0) is 18.9. The van der Waals surface area contributed by atoms with E-state index in [4.69, 9.17) is 9.66 Å². The van der Waals surface area contributed by atoms with Crippen molar-refractivity contribution in [1.29, 1.82) is 0 Å². The molecule has 1 amide bonds. The fourth-order valence-electron chi connectivity index (χ4n) is 2.45. The molecule has 3 N–H and O–H groups in total. The Labute approximate surface area is 150 Å². The van der Waals surface area contributed by atoms with Gasteiger partial charge in [0.1, 0.15) is 0 Å². The maximum atomic E-state index is 12.9. The normalized spacial score (nSPS) is 11.3. The number of nitrogens with zero attached hydrogens (tertiary/aromatic N) is 2. The molecular weight excluding hydrogens is 356 g/mol. The van der Waals surface area contributed by atoms with Crippen molar-refractivity contribution in [3.63, 3.8) is 0 Å². The lowest BCUT2D eigenvalue weighted by molar-refractivity contribution is 0.102. The number of para-hydroxylation sites is 1. The second-order valence-electron chi connectivity index (χ2n) is 5.63. The first kappa shape index (κ1) is 17.8. The first-order chi connectivity index (χ1) is 12.3. The summed E-state index contributed by atoms with van der Waals surface area (Å²) in [4.78, 5) is 16.7. The van der Waals surface area contributed by atoms with Crippen LogP contribution in [0.5, 0.6) is 0 Å². The minimum Gasteiger partial charge on any atom is -0.356 e. The number of aryl methyl sites for hydroxylation is 1. The Morgan fingerprint density at radius 3 is 2.42 bits per heavy atom. The van der Waals surface area contributed by atoms with E-state index in [1.165, 1.54) is 12.3 Å². The Morgan fingerprint density at radius 2 is 1.85 bits per heavy atom. The highest BCUT2D eigenvalue weighted by atomic mass is 32.2. The van der Waals surface area contributed by atoms with Crippen LogP contribution in [0.2, 0.25) is 0 Å². The molecule has 3 aromatic rings. The van der Waals surface area contributed by atoms with E-state index >= 15 is 0 Å². The van der Waals surface area contributed by atoms with Crippen LogP contribution in [0, 0.1) is 13.8 Å². The minimum atomic E-state index is -4.24. The Kier molecular flexibility index (Phi) is 4.58. The summed E-state index contributed by atoms with van der Waals surface area (Å²) in [7, 11) is -4.24. The number of aromatic nitrogens is 2. The minimum absolute atomic E-state index is 0.196. The summed E-state index contributed by atoms with van der Waals surface area (Å²) in [6.07, 6.45) is 1.26. The molecule has 134 valence electrons. The van der Waals surface area contributed by atoms with Crippen molar-refractivity contribution >= 4 is 21.6 Å². The van der Waals surface area contributed by atoms with Gasteiger partial charge in [-0.3, -0.25) is 4.79 Å². The standard InChI is InChI=1S/C17H16N4O4S/c1-10-11(2)21-25-15(10)13-8-9-19-17(26(18,23)24)14(13)16(22)20-12-6-4-3-5-7-12/h3-9H,1-2H3,(H,20,22)(H2,18,23,24). The molecule has 0 radical (unpaired) electrons. The van der Waals surface area contributed by atoms with Crippen LogP contribution in [-0.4, -0.2) is 24.5 Å². The molecule has 0 unspecified atom stereocenters. The zero-order valence-electron chi connectivity index (χ0n) is 14.1. The molecule has 8 nitrogen and oxygen atoms in total. The Bertz CT molecular complexity index is 1080. The molecule has 0 aliphatic heterocycles. The predicted octanol–water partition coefficient (Wildman–Crippen LogP) is 2.25. The lowest BCUT2D eigenvalue weighted by Crippen LogP contribution is -2.22. The number of amides is 1. The number of carbonyl (C=O) groups excluding carboxylic acids is 1. The van der Waals surface area contributed by atoms with Gasteiger partial charge in [0.05, 0.1) is 11.3 Å². The number of nitrogens with one attached hydrogen (secondary N) is 1. The molecule has 0 bridgehead atoms. The number of carbonyl (C=O) groups is 1. The average molecular weight is 372 g/mol. The number of benzene rings is 1. The summed E-state index contributed by atoms with van der Waals surface area (Å²) in [5, 5.41) is 11.2. The lowest BCUT2D eigenvalue weighted by atomic mass is 10.0. The summed E-state index contributed by atoms with van der Waals surface area (Å²) in [5.74, 6) is -0.384. The van der Waals surface area contributed by atoms with E-state index in [0.717, 1.165) is 0 Å². The Hall–Kier alpha value is -3.04. The molecule has 0 spiro atoms. The molecule has 0 atom stereocenters. The molecule has 0 fully saturated rings. The van der Waals surface area contributed by atoms with Crippen molar-refractivity contribution in [3.05, 3.63) is 59.4 Å². The van der Waals surface area contributed by atoms with Gasteiger partial charge in [-0.15, -0.1) is 0 Å². The van der Waals surface area contributed by atoms with E-state index < -0.39 is 21.0 Å². The molecule has 0 saturated heterocycles. The molecule has 2 heterocycles. The number of pyridine rings is 1. The quantitative estimate of drug-likeness (QED) is 0.723. The van der Waals surface area contributed by atoms with Crippen LogP contribution in [0.3, 0.4) is 0 Å². The third kappa shape index (κ3) is 3.35. The molecule has 26 heavy (non-hydrogen) atoms. The van der Waals surface area contributed by atoms with Gasteiger partial charge in [-0.25, -0.2) is 18.5 Å². The fourth-order valence-corrected chi connectivity index (χ4v) is 3.14. The van der Waals surface area contributed by atoms with Gasteiger partial charge >= 0.3 is 0 Å². The van der Waals surface area contributed by atoms with Crippen LogP contribution >= 0.6 is 0 Å². The van der Waals surface area contributed by atoms with E-state index in [2.05, 4.69) is 15.5 Å². The fraction of sp³-hybridized carbons (Fsp3) is 0.118. The van der Waals surface area contributed by atoms with E-state index in [9.17, 15) is 13.2 Å². The van der Waals surface area contributed by atoms with Crippen molar-refractivity contribution in [2.75, 3.05) is 5.32 Å². The highest BCUT2D eigenvalue weighted by Crippen LogP contribution is 2.31.